The van der Waals surface area contributed by atoms with E-state index < -0.39 is 93.9 Å². The maximum atomic E-state index is 14.8. The Morgan fingerprint density at radius 3 is 0.423 bits per heavy atom. The number of aromatic nitrogens is 8. The minimum absolute atomic E-state index is 0. The topological polar surface area (TPSA) is 106 Å². The van der Waals surface area contributed by atoms with Gasteiger partial charge < -0.3 is 29.9 Å². The van der Waals surface area contributed by atoms with Crippen LogP contribution in [0.1, 0.15) is 44.5 Å². The van der Waals surface area contributed by atoms with Gasteiger partial charge in [0, 0.05) is 44.8 Å². The van der Waals surface area contributed by atoms with Gasteiger partial charge in [0.25, 0.3) is 0 Å². The number of rotatable bonds is 8. The smallest absolute Gasteiger partial charge is 0.357 e. The molecule has 0 saturated heterocycles. The molecular formula is C104H48F24MgN8. The fourth-order valence-electron chi connectivity index (χ4n) is 17.7. The van der Waals surface area contributed by atoms with Gasteiger partial charge in [-0.3, -0.25) is 0 Å². The first-order valence-corrected chi connectivity index (χ1v) is 40.9. The van der Waals surface area contributed by atoms with Crippen molar-refractivity contribution in [2.24, 2.45) is 0 Å². The summed E-state index contributed by atoms with van der Waals surface area (Å²) in [7, 11) is 0. The van der Waals surface area contributed by atoms with Crippen LogP contribution in [0.5, 0.6) is 0 Å². The predicted octanol–water partition coefficient (Wildman–Crippen LogP) is 31.8. The van der Waals surface area contributed by atoms with E-state index in [1.165, 1.54) is 146 Å². The van der Waals surface area contributed by atoms with Gasteiger partial charge in [-0.2, -0.15) is 105 Å². The first kappa shape index (κ1) is 89.9. The van der Waals surface area contributed by atoms with E-state index in [0.717, 1.165) is 146 Å². The molecule has 0 unspecified atom stereocenters. The van der Waals surface area contributed by atoms with E-state index in [9.17, 15) is 105 Å². The number of benzene rings is 16. The maximum absolute atomic E-state index is 14.8. The zero-order valence-electron chi connectivity index (χ0n) is 69.1. The summed E-state index contributed by atoms with van der Waals surface area (Å²) in [6, 6.07) is 55.8. The zero-order valence-corrected chi connectivity index (χ0v) is 70.5. The summed E-state index contributed by atoms with van der Waals surface area (Å²) in [5, 5.41) is 1.75. The van der Waals surface area contributed by atoms with Crippen molar-refractivity contribution < 1.29 is 105 Å². The van der Waals surface area contributed by atoms with E-state index in [1.807, 2.05) is 0 Å². The molecule has 0 radical (unpaired) electrons. The van der Waals surface area contributed by atoms with Gasteiger partial charge in [-0.1, -0.05) is 97.1 Å². The van der Waals surface area contributed by atoms with E-state index in [-0.39, 0.29) is 245 Å². The number of hydrogen-bond donors (Lipinski definition) is 0. The number of halogens is 24. The van der Waals surface area contributed by atoms with E-state index in [0.29, 0.717) is 0 Å². The summed E-state index contributed by atoms with van der Waals surface area (Å²) in [6.45, 7) is 0. The van der Waals surface area contributed by atoms with Crippen molar-refractivity contribution in [1.82, 2.24) is 39.9 Å². The number of hydrogen-bond acceptors (Lipinski definition) is 6. The molecule has 8 nitrogen and oxygen atoms in total. The quantitative estimate of drug-likeness (QED) is 0.109. The summed E-state index contributed by atoms with van der Waals surface area (Å²) in [6.07, 6.45) is -39.5. The minimum atomic E-state index is -4.94. The first-order valence-electron chi connectivity index (χ1n) is 40.9. The van der Waals surface area contributed by atoms with Crippen LogP contribution in [0.3, 0.4) is 0 Å². The molecule has 19 aromatic rings. The van der Waals surface area contributed by atoms with Crippen LogP contribution in [0, 0.1) is 0 Å². The van der Waals surface area contributed by atoms with Gasteiger partial charge in [-0.05, 0) is 348 Å². The Morgan fingerprint density at radius 1 is 0.153 bits per heavy atom. The van der Waals surface area contributed by atoms with Crippen LogP contribution in [-0.4, -0.2) is 53.0 Å². The summed E-state index contributed by atoms with van der Waals surface area (Å²) >= 11 is 0. The molecule has 674 valence electrons. The van der Waals surface area contributed by atoms with Gasteiger partial charge in [0.05, 0.1) is 67.8 Å². The van der Waals surface area contributed by atoms with Crippen LogP contribution in [0.4, 0.5) is 105 Å². The van der Waals surface area contributed by atoms with Crippen LogP contribution >= 0.6 is 0 Å². The maximum Gasteiger partial charge on any atom is 2.00 e. The molecule has 5 heterocycles. The van der Waals surface area contributed by atoms with Crippen molar-refractivity contribution in [3.05, 3.63) is 336 Å². The predicted molar refractivity (Wildman–Crippen MR) is 473 cm³/mol. The van der Waals surface area contributed by atoms with E-state index in [4.69, 9.17) is 39.9 Å². The van der Waals surface area contributed by atoms with Gasteiger partial charge in [-0.15, -0.1) is 0 Å². The van der Waals surface area contributed by atoms with Crippen molar-refractivity contribution in [2.75, 3.05) is 0 Å². The van der Waals surface area contributed by atoms with Crippen LogP contribution in [0.15, 0.2) is 291 Å². The molecule has 21 rings (SSSR count). The molecule has 0 N–H and O–H groups in total. The second-order valence-electron chi connectivity index (χ2n) is 32.7. The first-order chi connectivity index (χ1) is 64.3. The van der Waals surface area contributed by atoms with Crippen LogP contribution in [-0.2, 0) is 49.4 Å². The molecule has 0 spiro atoms. The third-order valence-corrected chi connectivity index (χ3v) is 24.1. The van der Waals surface area contributed by atoms with E-state index in [1.54, 1.807) is 0 Å². The largest absolute Gasteiger partial charge is 2.00 e. The number of nitrogens with zero attached hydrogens (tertiary/aromatic N) is 8. The van der Waals surface area contributed by atoms with Crippen LogP contribution in [0.2, 0.25) is 0 Å². The van der Waals surface area contributed by atoms with Gasteiger partial charge in [0.15, 0.2) is 0 Å². The second kappa shape index (κ2) is 32.1. The molecule has 3 aromatic heterocycles. The molecule has 0 fully saturated rings. The molecule has 2 aliphatic rings. The average Bonchev–Trinajstić information content (AvgIpc) is 1.63. The minimum Gasteiger partial charge on any atom is -0.357 e. The van der Waals surface area contributed by atoms with Crippen molar-refractivity contribution in [3.8, 4) is 135 Å². The molecule has 0 amide bonds. The molecule has 0 atom stereocenters. The van der Waals surface area contributed by atoms with Gasteiger partial charge >= 0.3 is 72.5 Å². The Bertz CT molecular complexity index is 7540. The molecule has 33 heteroatoms. The molecule has 8 bridgehead atoms. The second-order valence-corrected chi connectivity index (χ2v) is 32.7. The van der Waals surface area contributed by atoms with Crippen molar-refractivity contribution in [2.45, 2.75) is 49.4 Å². The summed E-state index contributed by atoms with van der Waals surface area (Å²) in [5.74, 6) is -1.09. The van der Waals surface area contributed by atoms with Crippen molar-refractivity contribution in [3.63, 3.8) is 0 Å². The molecule has 16 aromatic carbocycles. The monoisotopic (exact) mass is 1890 g/mol. The fraction of sp³-hybridized carbons (Fsp3) is 0.0769. The average molecular weight is 1890 g/mol. The van der Waals surface area contributed by atoms with Gasteiger partial charge in [-0.25, -0.2) is 9.97 Å². The summed E-state index contributed by atoms with van der Waals surface area (Å²) in [4.78, 5) is 41.0. The molecule has 2 aliphatic heterocycles. The Kier molecular flexibility index (Phi) is 21.1. The summed E-state index contributed by atoms with van der Waals surface area (Å²) < 4.78 is 355. The van der Waals surface area contributed by atoms with Crippen LogP contribution < -0.4 is 9.97 Å². The van der Waals surface area contributed by atoms with Gasteiger partial charge in [0.1, 0.15) is 0 Å². The Morgan fingerprint density at radius 2 is 0.285 bits per heavy atom. The molecule has 0 saturated carbocycles. The zero-order chi connectivity index (χ0) is 95.3. The normalized spacial score (nSPS) is 12.9. The van der Waals surface area contributed by atoms with E-state index >= 15 is 0 Å². The Labute approximate surface area is 770 Å². The van der Waals surface area contributed by atoms with Crippen molar-refractivity contribution >= 4 is 110 Å². The Hall–Kier alpha value is -15.0. The molecule has 137 heavy (non-hydrogen) atoms. The Balaban J connectivity index is 0.0000116. The third kappa shape index (κ3) is 16.6. The molecule has 0 aliphatic carbocycles. The number of alkyl halides is 24. The number of fused-ring (bicyclic) bond motifs is 24. The van der Waals surface area contributed by atoms with Gasteiger partial charge in [0.2, 0.25) is 0 Å². The SMILES string of the molecule is FC(F)(F)c1cccc(-c2cc3cc4c(cc3cc2-c2cccc(C(F)(F)F)c2)-c2nc-4nc3[n-]c(nc4nc(nc5[n-]c(n2)c2cc6cc(-c7cccc(C(F)(F)F)c7)c(-c7cccc(C(F)(F)F)c7)cc6cc52)-c2cc5cc(-c6cccc(C(F)(F)F)c6)c(-c6cccc(C(F)(F)F)c6)cc5cc2-4)c2cc4cc(-c5cccc(C(F)(F)F)c5)c(-c5cccc(C(F)(F)F)c5)cc4cc32)c1.[Mg+2]. The van der Waals surface area contributed by atoms with Crippen molar-refractivity contribution in [1.29, 1.82) is 0 Å². The standard InChI is InChI=1S/C104H48F24N8.Mg/c105-97(106,107)65-17-1-9-49(25-65)73-33-57-41-81-82(42-58(57)34-74(73)50-10-2-18-66(26-50)98(108,109)110)90-129-89(81)133-91-83-43-59-35-75(51-11-3-19-67(27-51)99(111,112)113)76(52-12-4-20-68(28-52)100(114,115)116)36-60(59)44-84(83)93(130-91)135-95-87-47-63-39-79(55-15-7-23-71(31-55)103(123,124)125)80(56-16-8-24-72(32-56)104(126,127)128)40-64(63)48-88(87)96(132-95)136-94-86-46-62-38-78(54-14-6-22-70(30-54)102(120,121)122)77(37-61(62)45-85(86)92(131-94)134-90)53-13-5-21-69(29-53)101(117,118)119;/h1-48H;/q-2;+2. The molecular weight excluding hydrogens is 1840 g/mol. The fourth-order valence-corrected chi connectivity index (χ4v) is 17.7. The third-order valence-electron chi connectivity index (χ3n) is 24.1. The summed E-state index contributed by atoms with van der Waals surface area (Å²) in [5.41, 5.74) is -10.8. The van der Waals surface area contributed by atoms with E-state index in [2.05, 4.69) is 0 Å². The van der Waals surface area contributed by atoms with Crippen LogP contribution in [0.25, 0.3) is 222 Å².